The quantitative estimate of drug-likeness (QED) is 0.739. The van der Waals surface area contributed by atoms with Crippen LogP contribution in [-0.2, 0) is 6.42 Å². The van der Waals surface area contributed by atoms with Gasteiger partial charge >= 0.3 is 0 Å². The van der Waals surface area contributed by atoms with Crippen LogP contribution in [-0.4, -0.2) is 62.2 Å². The van der Waals surface area contributed by atoms with Crippen LogP contribution in [0.2, 0.25) is 0 Å². The first-order chi connectivity index (χ1) is 10.1. The zero-order valence-corrected chi connectivity index (χ0v) is 15.6. The minimum Gasteiger partial charge on any atom is -0.312 e. The summed E-state index contributed by atoms with van der Waals surface area (Å²) in [7, 11) is 4.51. The van der Waals surface area contributed by atoms with Crippen LogP contribution in [0.3, 0.4) is 0 Å². The third-order valence-corrected chi connectivity index (χ3v) is 5.11. The summed E-state index contributed by atoms with van der Waals surface area (Å²) in [6.07, 6.45) is 2.30. The Kier molecular flexibility index (Phi) is 6.92. The Morgan fingerprint density at radius 2 is 1.95 bits per heavy atom. The van der Waals surface area contributed by atoms with Crippen LogP contribution in [0.25, 0.3) is 0 Å². The Morgan fingerprint density at radius 1 is 1.24 bits per heavy atom. The number of nitrogens with one attached hydrogen (secondary N) is 1. The molecule has 2 rings (SSSR count). The van der Waals surface area contributed by atoms with Crippen molar-refractivity contribution in [3.63, 3.8) is 0 Å². The lowest BCUT2D eigenvalue weighted by Crippen LogP contribution is -2.59. The van der Waals surface area contributed by atoms with Crippen molar-refractivity contribution in [3.8, 4) is 0 Å². The molecule has 0 spiro atoms. The fourth-order valence-corrected chi connectivity index (χ4v) is 3.39. The second kappa shape index (κ2) is 8.46. The Morgan fingerprint density at radius 3 is 2.62 bits per heavy atom. The van der Waals surface area contributed by atoms with Crippen LogP contribution in [0.15, 0.2) is 24.3 Å². The van der Waals surface area contributed by atoms with E-state index in [9.17, 15) is 0 Å². The minimum atomic E-state index is 0.526. The van der Waals surface area contributed by atoms with E-state index in [0.29, 0.717) is 12.1 Å². The lowest BCUT2D eigenvalue weighted by Gasteiger charge is -2.42. The van der Waals surface area contributed by atoms with E-state index >= 15 is 0 Å². The molecule has 3 nitrogen and oxygen atoms in total. The van der Waals surface area contributed by atoms with E-state index in [0.717, 1.165) is 26.1 Å². The molecular formula is C17H28IN3. The normalized spacial score (nSPS) is 22.4. The Balaban J connectivity index is 2.07. The van der Waals surface area contributed by atoms with Crippen LogP contribution in [0.1, 0.15) is 18.9 Å². The second-order valence-corrected chi connectivity index (χ2v) is 7.45. The van der Waals surface area contributed by atoms with Gasteiger partial charge in [0.1, 0.15) is 0 Å². The predicted molar refractivity (Wildman–Crippen MR) is 98.9 cm³/mol. The monoisotopic (exact) mass is 401 g/mol. The third-order valence-electron chi connectivity index (χ3n) is 4.39. The van der Waals surface area contributed by atoms with Crippen LogP contribution in [0.5, 0.6) is 0 Å². The number of likely N-dealkylation sites (N-methyl/N-ethyl adjacent to an activating group) is 2. The molecule has 1 N–H and O–H groups in total. The largest absolute Gasteiger partial charge is 0.312 e. The van der Waals surface area contributed by atoms with Crippen molar-refractivity contribution in [1.29, 1.82) is 0 Å². The maximum atomic E-state index is 3.78. The van der Waals surface area contributed by atoms with Gasteiger partial charge < -0.3 is 10.2 Å². The van der Waals surface area contributed by atoms with Crippen molar-refractivity contribution in [2.75, 3.05) is 40.3 Å². The number of halogens is 1. The molecule has 2 atom stereocenters. The molecule has 1 heterocycles. The average Bonchev–Trinajstić information content (AvgIpc) is 2.48. The molecule has 1 aliphatic heterocycles. The number of benzene rings is 1. The number of hydrogen-bond acceptors (Lipinski definition) is 3. The van der Waals surface area contributed by atoms with Crippen molar-refractivity contribution >= 4 is 22.6 Å². The van der Waals surface area contributed by atoms with Crippen molar-refractivity contribution < 1.29 is 0 Å². The van der Waals surface area contributed by atoms with Gasteiger partial charge in [0, 0.05) is 35.3 Å². The van der Waals surface area contributed by atoms with Gasteiger partial charge in [-0.3, -0.25) is 4.90 Å². The van der Waals surface area contributed by atoms with E-state index in [1.165, 1.54) is 22.1 Å². The highest BCUT2D eigenvalue weighted by Crippen LogP contribution is 2.16. The summed E-state index contributed by atoms with van der Waals surface area (Å²) < 4.78 is 1.31. The van der Waals surface area contributed by atoms with Crippen LogP contribution in [0.4, 0.5) is 0 Å². The van der Waals surface area contributed by atoms with Crippen molar-refractivity contribution in [2.45, 2.75) is 31.8 Å². The molecule has 1 saturated heterocycles. The molecule has 0 aliphatic carbocycles. The molecule has 0 bridgehead atoms. The van der Waals surface area contributed by atoms with Gasteiger partial charge in [0.05, 0.1) is 0 Å². The second-order valence-electron chi connectivity index (χ2n) is 6.20. The Labute approximate surface area is 143 Å². The van der Waals surface area contributed by atoms with Gasteiger partial charge in [-0.05, 0) is 73.8 Å². The van der Waals surface area contributed by atoms with Crippen LogP contribution >= 0.6 is 22.6 Å². The maximum absolute atomic E-state index is 3.78. The van der Waals surface area contributed by atoms with Crippen molar-refractivity contribution in [2.24, 2.45) is 0 Å². The highest BCUT2D eigenvalue weighted by Gasteiger charge is 2.29. The van der Waals surface area contributed by atoms with Gasteiger partial charge in [0.15, 0.2) is 0 Å². The standard InChI is InChI=1S/C17H28IN3/c1-4-9-19-16(12-14-5-7-15(18)8-6-14)17-13-20(2)10-11-21(17)3/h5-8,16-17,19H,4,9-13H2,1-3H3. The number of rotatable bonds is 6. The van der Waals surface area contributed by atoms with Gasteiger partial charge in [-0.15, -0.1) is 0 Å². The molecule has 1 aliphatic rings. The topological polar surface area (TPSA) is 18.5 Å². The number of hydrogen-bond donors (Lipinski definition) is 1. The van der Waals surface area contributed by atoms with Gasteiger partial charge in [-0.2, -0.15) is 0 Å². The van der Waals surface area contributed by atoms with Crippen LogP contribution in [0, 0.1) is 3.57 Å². The fraction of sp³-hybridized carbons (Fsp3) is 0.647. The summed E-state index contributed by atoms with van der Waals surface area (Å²) in [5.41, 5.74) is 1.44. The SMILES string of the molecule is CCCNC(Cc1ccc(I)cc1)C1CN(C)CCN1C. The lowest BCUT2D eigenvalue weighted by molar-refractivity contribution is 0.0876. The van der Waals surface area contributed by atoms with Gasteiger partial charge in [0.25, 0.3) is 0 Å². The highest BCUT2D eigenvalue weighted by molar-refractivity contribution is 14.1. The van der Waals surface area contributed by atoms with Gasteiger partial charge in [-0.25, -0.2) is 0 Å². The van der Waals surface area contributed by atoms with Crippen LogP contribution < -0.4 is 5.32 Å². The molecule has 4 heteroatoms. The first-order valence-electron chi connectivity index (χ1n) is 7.96. The average molecular weight is 401 g/mol. The molecular weight excluding hydrogens is 373 g/mol. The highest BCUT2D eigenvalue weighted by atomic mass is 127. The summed E-state index contributed by atoms with van der Waals surface area (Å²) >= 11 is 2.37. The fourth-order valence-electron chi connectivity index (χ4n) is 3.03. The summed E-state index contributed by atoms with van der Waals surface area (Å²) in [5.74, 6) is 0. The smallest absolute Gasteiger partial charge is 0.0377 e. The van der Waals surface area contributed by atoms with Gasteiger partial charge in [-0.1, -0.05) is 19.1 Å². The molecule has 0 saturated carbocycles. The summed E-state index contributed by atoms with van der Waals surface area (Å²) in [4.78, 5) is 4.99. The molecule has 0 aromatic heterocycles. The van der Waals surface area contributed by atoms with Crippen molar-refractivity contribution in [3.05, 3.63) is 33.4 Å². The Bertz CT molecular complexity index is 421. The molecule has 1 aromatic rings. The predicted octanol–water partition coefficient (Wildman–Crippen LogP) is 2.45. The van der Waals surface area contributed by atoms with E-state index in [1.807, 2.05) is 0 Å². The number of piperazine rings is 1. The van der Waals surface area contributed by atoms with E-state index in [1.54, 1.807) is 0 Å². The Hall–Kier alpha value is -0.170. The van der Waals surface area contributed by atoms with E-state index in [2.05, 4.69) is 83.0 Å². The first-order valence-corrected chi connectivity index (χ1v) is 9.04. The molecule has 1 aromatic carbocycles. The number of nitrogens with zero attached hydrogens (tertiary/aromatic N) is 2. The van der Waals surface area contributed by atoms with Crippen molar-refractivity contribution in [1.82, 2.24) is 15.1 Å². The zero-order chi connectivity index (χ0) is 15.2. The summed E-state index contributed by atoms with van der Waals surface area (Å²) in [5, 5.41) is 3.78. The zero-order valence-electron chi connectivity index (χ0n) is 13.5. The van der Waals surface area contributed by atoms with E-state index in [-0.39, 0.29) is 0 Å². The molecule has 2 unspecified atom stereocenters. The molecule has 21 heavy (non-hydrogen) atoms. The minimum absolute atomic E-state index is 0.526. The first kappa shape index (κ1) is 17.2. The molecule has 0 amide bonds. The molecule has 1 fully saturated rings. The van der Waals surface area contributed by atoms with E-state index in [4.69, 9.17) is 0 Å². The molecule has 0 radical (unpaired) electrons. The third kappa shape index (κ3) is 5.20. The van der Waals surface area contributed by atoms with Gasteiger partial charge in [0.2, 0.25) is 0 Å². The summed E-state index contributed by atoms with van der Waals surface area (Å²) in [6.45, 7) is 6.84. The summed E-state index contributed by atoms with van der Waals surface area (Å²) in [6, 6.07) is 10.1. The lowest BCUT2D eigenvalue weighted by atomic mass is 9.96. The van der Waals surface area contributed by atoms with E-state index < -0.39 is 0 Å². The molecule has 118 valence electrons. The maximum Gasteiger partial charge on any atom is 0.0377 e.